The average Bonchev–Trinajstić information content (AvgIpc) is 3.41. The summed E-state index contributed by atoms with van der Waals surface area (Å²) in [4.78, 5) is 37.4. The number of aliphatic hydroxyl groups is 1. The van der Waals surface area contributed by atoms with Gasteiger partial charge in [-0.1, -0.05) is 19.9 Å². The van der Waals surface area contributed by atoms with E-state index in [-0.39, 0.29) is 47.0 Å². The first-order valence-corrected chi connectivity index (χ1v) is 15.1. The maximum absolute atomic E-state index is 13.6. The van der Waals surface area contributed by atoms with Crippen LogP contribution in [0.5, 0.6) is 5.88 Å². The van der Waals surface area contributed by atoms with Gasteiger partial charge in [0.1, 0.15) is 22.8 Å². The van der Waals surface area contributed by atoms with E-state index in [2.05, 4.69) is 20.0 Å². The maximum atomic E-state index is 13.6. The summed E-state index contributed by atoms with van der Waals surface area (Å²) in [5.74, 6) is 0.771. The Balaban J connectivity index is 0.00000127. The molecule has 0 aliphatic carbocycles. The van der Waals surface area contributed by atoms with Crippen LogP contribution in [0.3, 0.4) is 0 Å². The zero-order valence-electron chi connectivity index (χ0n) is 25.1. The fourth-order valence-corrected chi connectivity index (χ4v) is 6.19. The van der Waals surface area contributed by atoms with Gasteiger partial charge in [0.2, 0.25) is 15.9 Å². The number of nitrogens with zero attached hydrogens (tertiary/aromatic N) is 8. The lowest BCUT2D eigenvalue weighted by Gasteiger charge is -2.33. The number of likely N-dealkylation sites (N-methyl/N-ethyl adjacent to an activating group) is 1. The van der Waals surface area contributed by atoms with Crippen LogP contribution < -0.4 is 21.6 Å². The summed E-state index contributed by atoms with van der Waals surface area (Å²) in [5.41, 5.74) is 1.02. The molecular weight excluding hydrogens is 594 g/mol. The number of hydrogen-bond acceptors (Lipinski definition) is 12. The van der Waals surface area contributed by atoms with E-state index in [4.69, 9.17) is 19.6 Å². The summed E-state index contributed by atoms with van der Waals surface area (Å²) in [7, 11) is -2.33. The molecule has 44 heavy (non-hydrogen) atoms. The Bertz CT molecular complexity index is 1740. The van der Waals surface area contributed by atoms with Gasteiger partial charge >= 0.3 is 0 Å². The van der Waals surface area contributed by atoms with Gasteiger partial charge in [-0.2, -0.15) is 9.40 Å². The number of aromatic nitrogens is 6. The molecule has 0 radical (unpaired) electrons. The molecule has 0 saturated carbocycles. The van der Waals surface area contributed by atoms with Gasteiger partial charge < -0.3 is 30.8 Å². The summed E-state index contributed by atoms with van der Waals surface area (Å²) < 4.78 is 37.2. The predicted molar refractivity (Wildman–Crippen MR) is 160 cm³/mol. The number of carbonyl (C=O) groups excluding carboxylic acids is 1. The lowest BCUT2D eigenvalue weighted by molar-refractivity contribution is -0.283. The smallest absolute Gasteiger partial charge is 0.281 e. The summed E-state index contributed by atoms with van der Waals surface area (Å²) in [5, 5.41) is 22.1. The molecule has 16 nitrogen and oxygen atoms in total. The first-order valence-electron chi connectivity index (χ1n) is 13.6. The number of aliphatic hydroxyl groups excluding tert-OH is 1. The van der Waals surface area contributed by atoms with Gasteiger partial charge in [0.15, 0.2) is 11.3 Å². The second-order valence-electron chi connectivity index (χ2n) is 9.43. The third-order valence-electron chi connectivity index (χ3n) is 7.01. The number of piperazine rings is 1. The molecule has 5 N–H and O–H groups in total. The minimum absolute atomic E-state index is 0. The van der Waals surface area contributed by atoms with Crippen molar-refractivity contribution in [1.29, 1.82) is 0 Å². The van der Waals surface area contributed by atoms with Crippen molar-refractivity contribution in [3.8, 4) is 23.1 Å². The fraction of sp³-hybridized carbons (Fsp3) is 0.407. The van der Waals surface area contributed by atoms with Gasteiger partial charge in [-0.3, -0.25) is 9.36 Å². The number of carbonyl (C=O) groups is 1. The van der Waals surface area contributed by atoms with E-state index in [0.717, 1.165) is 6.54 Å². The van der Waals surface area contributed by atoms with Gasteiger partial charge in [-0.25, -0.2) is 28.1 Å². The van der Waals surface area contributed by atoms with Crippen molar-refractivity contribution in [3.05, 3.63) is 52.7 Å². The lowest BCUT2D eigenvalue weighted by Crippen LogP contribution is -2.48. The summed E-state index contributed by atoms with van der Waals surface area (Å²) in [6.07, 6.45) is 3.39. The van der Waals surface area contributed by atoms with Crippen molar-refractivity contribution in [1.82, 2.24) is 44.7 Å². The summed E-state index contributed by atoms with van der Waals surface area (Å²) in [6, 6.07) is 6.84. The van der Waals surface area contributed by atoms with E-state index in [1.807, 2.05) is 19.9 Å². The molecule has 0 bridgehead atoms. The molecule has 4 aromatic rings. The molecule has 5 rings (SSSR count). The highest BCUT2D eigenvalue weighted by atomic mass is 32.2. The zero-order valence-corrected chi connectivity index (χ0v) is 25.9. The highest BCUT2D eigenvalue weighted by molar-refractivity contribution is 7.89. The number of aryl methyl sites for hydroxylation is 1. The molecule has 5 heterocycles. The Hall–Kier alpha value is -4.29. The Morgan fingerprint density at radius 1 is 1.11 bits per heavy atom. The van der Waals surface area contributed by atoms with Crippen LogP contribution in [0.2, 0.25) is 0 Å². The minimum Gasteiger partial charge on any atom is -0.554 e. The third kappa shape index (κ3) is 6.76. The van der Waals surface area contributed by atoms with Crippen LogP contribution in [0.4, 0.5) is 0 Å². The average molecular weight is 632 g/mol. The van der Waals surface area contributed by atoms with Crippen LogP contribution in [0.15, 0.2) is 46.3 Å². The normalized spacial score (nSPS) is 14.0. The van der Waals surface area contributed by atoms with Gasteiger partial charge in [0, 0.05) is 45.9 Å². The molecule has 1 saturated heterocycles. The maximum Gasteiger partial charge on any atom is 0.281 e. The number of fused-ring (bicyclic) bond motifs is 1. The van der Waals surface area contributed by atoms with Gasteiger partial charge in [-0.15, -0.1) is 0 Å². The first kappa shape index (κ1) is 34.2. The van der Waals surface area contributed by atoms with E-state index in [1.54, 1.807) is 23.0 Å². The molecule has 0 atom stereocenters. The van der Waals surface area contributed by atoms with Crippen LogP contribution in [0.25, 0.3) is 28.2 Å². The Morgan fingerprint density at radius 2 is 1.82 bits per heavy atom. The monoisotopic (exact) mass is 631 g/mol. The number of hydrogen-bond donors (Lipinski definition) is 2. The number of ether oxygens (including phenoxy) is 1. The number of pyridine rings is 2. The third-order valence-corrected chi connectivity index (χ3v) is 8.87. The molecular formula is C27H37N9O7S. The molecule has 17 heteroatoms. The predicted octanol–water partition coefficient (Wildman–Crippen LogP) is -0.422. The summed E-state index contributed by atoms with van der Waals surface area (Å²) >= 11 is 0. The van der Waals surface area contributed by atoms with Crippen molar-refractivity contribution in [2.24, 2.45) is 7.05 Å². The number of quaternary nitrogens is 1. The molecule has 1 aliphatic heterocycles. The quantitative estimate of drug-likeness (QED) is 0.225. The minimum atomic E-state index is -3.87. The standard InChI is InChI=1S/C26H32N8O5S.CH2O2.H3N/c1-4-20-22-23(30-34(20)21-8-6-7-9-27-21)26(36)31(3)24(29-22)19-16-18(17-28-25(19)39-15-14-35)40(37,38)33-12-10-32(5-2)11-13-33;2-1-3;/h6-9,16-17,35H,4-5,10-15H2,1-3H3;1H,(H,2,3);1H3. The van der Waals surface area contributed by atoms with Crippen LogP contribution in [-0.4, -0.2) is 104 Å². The van der Waals surface area contributed by atoms with Crippen LogP contribution in [0.1, 0.15) is 19.5 Å². The highest BCUT2D eigenvalue weighted by Gasteiger charge is 2.30. The molecule has 0 amide bonds. The molecule has 0 aromatic carbocycles. The van der Waals surface area contributed by atoms with Crippen LogP contribution in [0, 0.1) is 0 Å². The number of carboxylic acid groups (broad SMARTS) is 1. The largest absolute Gasteiger partial charge is 0.554 e. The van der Waals surface area contributed by atoms with E-state index in [1.165, 1.54) is 28.2 Å². The van der Waals surface area contributed by atoms with E-state index < -0.39 is 22.1 Å². The Labute approximate surface area is 254 Å². The topological polar surface area (TPSA) is 225 Å². The second kappa shape index (κ2) is 14.9. The van der Waals surface area contributed by atoms with Gasteiger partial charge in [-0.05, 0) is 31.2 Å². The zero-order chi connectivity index (χ0) is 31.1. The number of rotatable bonds is 9. The van der Waals surface area contributed by atoms with Gasteiger partial charge in [0.25, 0.3) is 5.56 Å². The molecule has 1 fully saturated rings. The van der Waals surface area contributed by atoms with Crippen molar-refractivity contribution in [3.63, 3.8) is 0 Å². The van der Waals surface area contributed by atoms with Crippen molar-refractivity contribution in [2.75, 3.05) is 45.9 Å². The Morgan fingerprint density at radius 3 is 2.41 bits per heavy atom. The van der Waals surface area contributed by atoms with E-state index in [9.17, 15) is 18.3 Å². The first-order chi connectivity index (χ1) is 20.7. The van der Waals surface area contributed by atoms with E-state index >= 15 is 0 Å². The van der Waals surface area contributed by atoms with Crippen molar-refractivity contribution < 1.29 is 28.2 Å². The number of sulfonamides is 1. The molecule has 0 unspecified atom stereocenters. The van der Waals surface area contributed by atoms with Crippen LogP contribution >= 0.6 is 0 Å². The van der Waals surface area contributed by atoms with E-state index in [0.29, 0.717) is 49.6 Å². The van der Waals surface area contributed by atoms with Crippen LogP contribution in [-0.2, 0) is 28.3 Å². The van der Waals surface area contributed by atoms with Crippen molar-refractivity contribution in [2.45, 2.75) is 25.2 Å². The fourth-order valence-electron chi connectivity index (χ4n) is 4.80. The highest BCUT2D eigenvalue weighted by Crippen LogP contribution is 2.31. The molecule has 1 aliphatic rings. The molecule has 0 spiro atoms. The van der Waals surface area contributed by atoms with Gasteiger partial charge in [0.05, 0.1) is 24.1 Å². The second-order valence-corrected chi connectivity index (χ2v) is 11.4. The molecule has 238 valence electrons. The lowest BCUT2D eigenvalue weighted by atomic mass is 10.2. The Kier molecular flexibility index (Phi) is 11.6. The summed E-state index contributed by atoms with van der Waals surface area (Å²) in [6.45, 7) is 5.99. The molecule has 4 aromatic heterocycles. The van der Waals surface area contributed by atoms with Crippen molar-refractivity contribution >= 4 is 27.5 Å². The SMILES string of the molecule is CCc1c2nc(-c3cc(S(=O)(=O)N4CCN(CC)CC4)cnc3OCCO)n(C)c(=O)c2nn1-c1ccccn1.O=C[O-].[NH4+].